The Hall–Kier alpha value is -1.49. The Balaban J connectivity index is 2.95. The molecule has 0 aliphatic heterocycles. The van der Waals surface area contributed by atoms with Crippen molar-refractivity contribution < 1.29 is 23.0 Å². The molecule has 0 amide bonds. The van der Waals surface area contributed by atoms with E-state index in [1.807, 2.05) is 6.92 Å². The van der Waals surface area contributed by atoms with Gasteiger partial charge in [-0.05, 0) is 25.5 Å². The summed E-state index contributed by atoms with van der Waals surface area (Å²) < 4.78 is 43.6. The fraction of sp³-hybridized carbons (Fsp3) is 0.429. The number of benzene rings is 1. The highest BCUT2D eigenvalue weighted by Crippen LogP contribution is 2.34. The normalized spacial score (nSPS) is 15.5. The van der Waals surface area contributed by atoms with Crippen LogP contribution in [-0.2, 0) is 11.2 Å². The SMILES string of the molecule is CCO/C=C/C(O)(Cc1ccc(C)cc1)C(F)(F)F. The Morgan fingerprint density at radius 1 is 1.21 bits per heavy atom. The molecule has 1 rings (SSSR count). The van der Waals surface area contributed by atoms with Gasteiger partial charge in [-0.3, -0.25) is 0 Å². The lowest BCUT2D eigenvalue weighted by Gasteiger charge is -2.27. The topological polar surface area (TPSA) is 29.5 Å². The van der Waals surface area contributed by atoms with E-state index < -0.39 is 18.2 Å². The van der Waals surface area contributed by atoms with Gasteiger partial charge < -0.3 is 9.84 Å². The molecule has 1 aromatic carbocycles. The minimum atomic E-state index is -4.76. The summed E-state index contributed by atoms with van der Waals surface area (Å²) in [6.07, 6.45) is -3.76. The summed E-state index contributed by atoms with van der Waals surface area (Å²) in [5, 5.41) is 9.81. The number of aliphatic hydroxyl groups is 1. The Kier molecular flexibility index (Phi) is 5.00. The van der Waals surface area contributed by atoms with Crippen LogP contribution in [0, 0.1) is 6.92 Å². The van der Waals surface area contributed by atoms with E-state index in [0.717, 1.165) is 11.8 Å². The first kappa shape index (κ1) is 15.6. The number of halogens is 3. The van der Waals surface area contributed by atoms with Crippen molar-refractivity contribution in [2.75, 3.05) is 6.61 Å². The third kappa shape index (κ3) is 4.28. The third-order valence-corrected chi connectivity index (χ3v) is 2.69. The van der Waals surface area contributed by atoms with Crippen LogP contribution in [0.15, 0.2) is 36.6 Å². The molecule has 0 aliphatic carbocycles. The van der Waals surface area contributed by atoms with Crippen LogP contribution >= 0.6 is 0 Å². The molecule has 1 aromatic rings. The Labute approximate surface area is 110 Å². The van der Waals surface area contributed by atoms with E-state index in [-0.39, 0.29) is 6.61 Å². The first-order valence-corrected chi connectivity index (χ1v) is 5.92. The second kappa shape index (κ2) is 6.10. The number of hydrogen-bond acceptors (Lipinski definition) is 2. The van der Waals surface area contributed by atoms with Crippen LogP contribution in [0.2, 0.25) is 0 Å². The zero-order chi connectivity index (χ0) is 14.5. The molecule has 2 nitrogen and oxygen atoms in total. The molecule has 0 heterocycles. The van der Waals surface area contributed by atoms with Crippen LogP contribution in [0.5, 0.6) is 0 Å². The molecular weight excluding hydrogens is 257 g/mol. The summed E-state index contributed by atoms with van der Waals surface area (Å²) in [5.74, 6) is 0. The average molecular weight is 274 g/mol. The monoisotopic (exact) mass is 274 g/mol. The predicted molar refractivity (Wildman–Crippen MR) is 66.7 cm³/mol. The second-order valence-electron chi connectivity index (χ2n) is 4.34. The quantitative estimate of drug-likeness (QED) is 0.834. The Bertz CT molecular complexity index is 423. The smallest absolute Gasteiger partial charge is 0.421 e. The molecule has 5 heteroatoms. The zero-order valence-corrected chi connectivity index (χ0v) is 10.9. The molecular formula is C14H17F3O2. The van der Waals surface area contributed by atoms with Gasteiger partial charge in [0.1, 0.15) is 0 Å². The van der Waals surface area contributed by atoms with Gasteiger partial charge in [0.15, 0.2) is 5.60 Å². The van der Waals surface area contributed by atoms with Crippen molar-refractivity contribution in [2.45, 2.75) is 32.0 Å². The highest BCUT2D eigenvalue weighted by molar-refractivity contribution is 5.25. The van der Waals surface area contributed by atoms with Gasteiger partial charge in [-0.2, -0.15) is 13.2 Å². The Morgan fingerprint density at radius 3 is 2.26 bits per heavy atom. The van der Waals surface area contributed by atoms with Crippen molar-refractivity contribution in [3.63, 3.8) is 0 Å². The number of hydrogen-bond donors (Lipinski definition) is 1. The van der Waals surface area contributed by atoms with Gasteiger partial charge in [0, 0.05) is 6.42 Å². The van der Waals surface area contributed by atoms with E-state index in [9.17, 15) is 18.3 Å². The molecule has 0 aromatic heterocycles. The maximum atomic E-state index is 12.9. The van der Waals surface area contributed by atoms with Gasteiger partial charge in [-0.1, -0.05) is 29.8 Å². The van der Waals surface area contributed by atoms with Gasteiger partial charge in [0.25, 0.3) is 0 Å². The van der Waals surface area contributed by atoms with Crippen LogP contribution in [0.3, 0.4) is 0 Å². The molecule has 0 saturated heterocycles. The average Bonchev–Trinajstić information content (AvgIpc) is 2.31. The summed E-state index contributed by atoms with van der Waals surface area (Å²) >= 11 is 0. The number of alkyl halides is 3. The van der Waals surface area contributed by atoms with E-state index in [1.165, 1.54) is 0 Å². The maximum Gasteiger partial charge on any atom is 0.421 e. The largest absolute Gasteiger partial charge is 0.502 e. The fourth-order valence-electron chi connectivity index (χ4n) is 1.53. The van der Waals surface area contributed by atoms with E-state index in [0.29, 0.717) is 11.6 Å². The van der Waals surface area contributed by atoms with Crippen LogP contribution in [0.1, 0.15) is 18.1 Å². The molecule has 1 N–H and O–H groups in total. The summed E-state index contributed by atoms with van der Waals surface area (Å²) in [7, 11) is 0. The van der Waals surface area contributed by atoms with E-state index in [2.05, 4.69) is 0 Å². The zero-order valence-electron chi connectivity index (χ0n) is 10.9. The molecule has 1 atom stereocenters. The first-order valence-electron chi connectivity index (χ1n) is 5.92. The molecule has 106 valence electrons. The summed E-state index contributed by atoms with van der Waals surface area (Å²) in [4.78, 5) is 0. The van der Waals surface area contributed by atoms with Crippen molar-refractivity contribution in [3.05, 3.63) is 47.7 Å². The highest BCUT2D eigenvalue weighted by atomic mass is 19.4. The Morgan fingerprint density at radius 2 is 1.79 bits per heavy atom. The van der Waals surface area contributed by atoms with Gasteiger partial charge in [-0.15, -0.1) is 0 Å². The molecule has 1 unspecified atom stereocenters. The minimum Gasteiger partial charge on any atom is -0.502 e. The van der Waals surface area contributed by atoms with Gasteiger partial charge in [0.2, 0.25) is 0 Å². The molecule has 0 spiro atoms. The summed E-state index contributed by atoms with van der Waals surface area (Å²) in [6.45, 7) is 3.74. The van der Waals surface area contributed by atoms with E-state index in [4.69, 9.17) is 4.74 Å². The molecule has 19 heavy (non-hydrogen) atoms. The van der Waals surface area contributed by atoms with Crippen molar-refractivity contribution in [2.24, 2.45) is 0 Å². The van der Waals surface area contributed by atoms with Gasteiger partial charge in [0.05, 0.1) is 12.9 Å². The van der Waals surface area contributed by atoms with Crippen LogP contribution in [-0.4, -0.2) is 23.5 Å². The van der Waals surface area contributed by atoms with Crippen LogP contribution in [0.4, 0.5) is 13.2 Å². The lowest BCUT2D eigenvalue weighted by molar-refractivity contribution is -0.239. The lowest BCUT2D eigenvalue weighted by Crippen LogP contribution is -2.45. The van der Waals surface area contributed by atoms with Gasteiger partial charge >= 0.3 is 6.18 Å². The summed E-state index contributed by atoms with van der Waals surface area (Å²) in [6, 6.07) is 6.55. The van der Waals surface area contributed by atoms with Crippen molar-refractivity contribution in [3.8, 4) is 0 Å². The number of rotatable bonds is 5. The molecule has 0 saturated carbocycles. The van der Waals surface area contributed by atoms with E-state index in [1.54, 1.807) is 31.2 Å². The van der Waals surface area contributed by atoms with Crippen molar-refractivity contribution >= 4 is 0 Å². The third-order valence-electron chi connectivity index (χ3n) is 2.69. The van der Waals surface area contributed by atoms with Gasteiger partial charge in [-0.25, -0.2) is 0 Å². The van der Waals surface area contributed by atoms with E-state index >= 15 is 0 Å². The van der Waals surface area contributed by atoms with Crippen molar-refractivity contribution in [1.29, 1.82) is 0 Å². The van der Waals surface area contributed by atoms with Crippen LogP contribution in [0.25, 0.3) is 0 Å². The minimum absolute atomic E-state index is 0.245. The fourth-order valence-corrected chi connectivity index (χ4v) is 1.53. The van der Waals surface area contributed by atoms with Crippen LogP contribution < -0.4 is 0 Å². The second-order valence-corrected chi connectivity index (χ2v) is 4.34. The molecule has 0 radical (unpaired) electrons. The molecule has 0 bridgehead atoms. The lowest BCUT2D eigenvalue weighted by atomic mass is 9.93. The summed E-state index contributed by atoms with van der Waals surface area (Å²) in [5.41, 5.74) is -1.56. The molecule has 0 aliphatic rings. The van der Waals surface area contributed by atoms with Crippen molar-refractivity contribution in [1.82, 2.24) is 0 Å². The maximum absolute atomic E-state index is 12.9. The standard InChI is InChI=1S/C14H17F3O2/c1-3-19-9-8-13(18,14(15,16)17)10-12-6-4-11(2)5-7-12/h4-9,18H,3,10H2,1-2H3/b9-8+. The number of ether oxygens (including phenoxy) is 1. The highest BCUT2D eigenvalue weighted by Gasteiger charge is 2.51. The first-order chi connectivity index (χ1) is 8.78. The molecule has 0 fully saturated rings. The number of aryl methyl sites for hydroxylation is 1. The predicted octanol–water partition coefficient (Wildman–Crippen LogP) is 3.38.